The Bertz CT molecular complexity index is 491. The van der Waals surface area contributed by atoms with Crippen molar-refractivity contribution >= 4 is 11.4 Å². The molecular weight excluding hydrogens is 210 g/mol. The van der Waals surface area contributed by atoms with Crippen molar-refractivity contribution in [2.24, 2.45) is 5.10 Å². The van der Waals surface area contributed by atoms with Gasteiger partial charge in [0.25, 0.3) is 0 Å². The Morgan fingerprint density at radius 3 is 2.41 bits per heavy atom. The highest BCUT2D eigenvalue weighted by atomic mass is 15.4. The molecule has 0 fully saturated rings. The van der Waals surface area contributed by atoms with E-state index in [4.69, 9.17) is 0 Å². The molecule has 3 heteroatoms. The number of benzene rings is 1. The predicted octanol–water partition coefficient (Wildman–Crippen LogP) is 2.94. The second-order valence-electron chi connectivity index (χ2n) is 3.76. The van der Waals surface area contributed by atoms with Gasteiger partial charge in [0, 0.05) is 13.2 Å². The molecule has 0 atom stereocenters. The topological polar surface area (TPSA) is 28.5 Å². The monoisotopic (exact) mass is 225 g/mol. The summed E-state index contributed by atoms with van der Waals surface area (Å²) in [4.78, 5) is 4.27. The van der Waals surface area contributed by atoms with E-state index in [1.807, 2.05) is 67.5 Å². The molecule has 2 aromatic rings. The van der Waals surface area contributed by atoms with Crippen LogP contribution in [0.4, 0.5) is 5.69 Å². The molecule has 0 bridgehead atoms. The van der Waals surface area contributed by atoms with Gasteiger partial charge in [-0.15, -0.1) is 0 Å². The highest BCUT2D eigenvalue weighted by molar-refractivity contribution is 5.97. The molecule has 2 rings (SSSR count). The number of para-hydroxylation sites is 1. The van der Waals surface area contributed by atoms with Gasteiger partial charge in [-0.1, -0.05) is 24.3 Å². The standard InChI is InChI=1S/C14H15N3/c1-12(14-10-6-7-11-15-14)16-17(2)13-8-4-3-5-9-13/h3-11H,1-2H3/b16-12+. The van der Waals surface area contributed by atoms with Crippen LogP contribution in [0.2, 0.25) is 0 Å². The largest absolute Gasteiger partial charge is 0.268 e. The molecule has 0 saturated carbocycles. The van der Waals surface area contributed by atoms with Crippen molar-refractivity contribution in [2.75, 3.05) is 12.1 Å². The maximum absolute atomic E-state index is 4.50. The van der Waals surface area contributed by atoms with E-state index in [0.29, 0.717) is 0 Å². The minimum absolute atomic E-state index is 0.898. The summed E-state index contributed by atoms with van der Waals surface area (Å²) < 4.78 is 0. The summed E-state index contributed by atoms with van der Waals surface area (Å²) in [6.07, 6.45) is 1.77. The van der Waals surface area contributed by atoms with Gasteiger partial charge in [0.15, 0.2) is 0 Å². The van der Waals surface area contributed by atoms with Crippen LogP contribution in [0.25, 0.3) is 0 Å². The van der Waals surface area contributed by atoms with Gasteiger partial charge in [-0.05, 0) is 31.2 Å². The molecule has 17 heavy (non-hydrogen) atoms. The van der Waals surface area contributed by atoms with Crippen LogP contribution in [-0.2, 0) is 0 Å². The molecule has 0 aliphatic heterocycles. The number of rotatable bonds is 3. The molecule has 1 aromatic heterocycles. The third-order valence-corrected chi connectivity index (χ3v) is 2.47. The molecule has 3 nitrogen and oxygen atoms in total. The molecule has 0 N–H and O–H groups in total. The van der Waals surface area contributed by atoms with Crippen molar-refractivity contribution in [3.8, 4) is 0 Å². The molecule has 0 radical (unpaired) electrons. The summed E-state index contributed by atoms with van der Waals surface area (Å²) in [6, 6.07) is 15.9. The van der Waals surface area contributed by atoms with Gasteiger partial charge >= 0.3 is 0 Å². The van der Waals surface area contributed by atoms with Crippen molar-refractivity contribution in [2.45, 2.75) is 6.92 Å². The molecule has 1 aromatic carbocycles. The first kappa shape index (κ1) is 11.3. The minimum Gasteiger partial charge on any atom is -0.268 e. The van der Waals surface area contributed by atoms with Crippen molar-refractivity contribution in [1.29, 1.82) is 0 Å². The lowest BCUT2D eigenvalue weighted by atomic mass is 10.2. The van der Waals surface area contributed by atoms with Crippen LogP contribution >= 0.6 is 0 Å². The summed E-state index contributed by atoms with van der Waals surface area (Å²) in [6.45, 7) is 1.96. The van der Waals surface area contributed by atoms with Gasteiger partial charge in [-0.25, -0.2) is 0 Å². The first-order valence-corrected chi connectivity index (χ1v) is 5.53. The number of nitrogens with zero attached hydrogens (tertiary/aromatic N) is 3. The molecule has 86 valence electrons. The van der Waals surface area contributed by atoms with E-state index in [9.17, 15) is 0 Å². The lowest BCUT2D eigenvalue weighted by molar-refractivity contribution is 1.01. The van der Waals surface area contributed by atoms with E-state index in [-0.39, 0.29) is 0 Å². The quantitative estimate of drug-likeness (QED) is 0.593. The molecular formula is C14H15N3. The van der Waals surface area contributed by atoms with Crippen molar-refractivity contribution in [3.05, 3.63) is 60.4 Å². The van der Waals surface area contributed by atoms with E-state index in [1.54, 1.807) is 6.20 Å². The Labute approximate surface area is 101 Å². The van der Waals surface area contributed by atoms with E-state index in [0.717, 1.165) is 17.1 Å². The molecule has 0 aliphatic carbocycles. The number of hydrazone groups is 1. The number of pyridine rings is 1. The Hall–Kier alpha value is -2.16. The fraction of sp³-hybridized carbons (Fsp3) is 0.143. The van der Waals surface area contributed by atoms with Crippen molar-refractivity contribution in [3.63, 3.8) is 0 Å². The Balaban J connectivity index is 2.20. The fourth-order valence-corrected chi connectivity index (χ4v) is 1.55. The highest BCUT2D eigenvalue weighted by Gasteiger charge is 2.01. The molecule has 0 unspecified atom stereocenters. The van der Waals surface area contributed by atoms with Crippen LogP contribution in [0.5, 0.6) is 0 Å². The van der Waals surface area contributed by atoms with Crippen LogP contribution in [0.3, 0.4) is 0 Å². The zero-order valence-electron chi connectivity index (χ0n) is 10.0. The maximum Gasteiger partial charge on any atom is 0.0859 e. The number of hydrogen-bond acceptors (Lipinski definition) is 3. The summed E-state index contributed by atoms with van der Waals surface area (Å²) in [5, 5.41) is 6.36. The lowest BCUT2D eigenvalue weighted by Crippen LogP contribution is -2.12. The van der Waals surface area contributed by atoms with Gasteiger partial charge in [0.2, 0.25) is 0 Å². The van der Waals surface area contributed by atoms with Gasteiger partial charge in [0.1, 0.15) is 0 Å². The highest BCUT2D eigenvalue weighted by Crippen LogP contribution is 2.11. The second kappa shape index (κ2) is 5.25. The second-order valence-corrected chi connectivity index (χ2v) is 3.76. The van der Waals surface area contributed by atoms with E-state index in [2.05, 4.69) is 10.1 Å². The van der Waals surface area contributed by atoms with Crippen molar-refractivity contribution < 1.29 is 0 Å². The normalized spacial score (nSPS) is 11.3. The predicted molar refractivity (Wildman–Crippen MR) is 71.3 cm³/mol. The lowest BCUT2D eigenvalue weighted by Gasteiger charge is -2.14. The molecule has 0 saturated heterocycles. The average molecular weight is 225 g/mol. The third-order valence-electron chi connectivity index (χ3n) is 2.47. The van der Waals surface area contributed by atoms with E-state index < -0.39 is 0 Å². The van der Waals surface area contributed by atoms with E-state index >= 15 is 0 Å². The van der Waals surface area contributed by atoms with Gasteiger partial charge < -0.3 is 0 Å². The van der Waals surface area contributed by atoms with Crippen LogP contribution in [0.1, 0.15) is 12.6 Å². The Morgan fingerprint density at radius 2 is 1.76 bits per heavy atom. The SMILES string of the molecule is C/C(=N\N(C)c1ccccc1)c1ccccn1. The van der Waals surface area contributed by atoms with Gasteiger partial charge in [0.05, 0.1) is 17.1 Å². The third kappa shape index (κ3) is 2.91. The summed E-state index contributed by atoms with van der Waals surface area (Å²) >= 11 is 0. The van der Waals surface area contributed by atoms with E-state index in [1.165, 1.54) is 0 Å². The minimum atomic E-state index is 0.898. The van der Waals surface area contributed by atoms with Gasteiger partial charge in [-0.3, -0.25) is 9.99 Å². The number of aromatic nitrogens is 1. The zero-order chi connectivity index (χ0) is 12.1. The van der Waals surface area contributed by atoms with Crippen LogP contribution in [0, 0.1) is 0 Å². The Kier molecular flexibility index (Phi) is 3.50. The Morgan fingerprint density at radius 1 is 1.06 bits per heavy atom. The smallest absolute Gasteiger partial charge is 0.0859 e. The first-order chi connectivity index (χ1) is 8.27. The first-order valence-electron chi connectivity index (χ1n) is 5.53. The fourth-order valence-electron chi connectivity index (χ4n) is 1.55. The van der Waals surface area contributed by atoms with Crippen LogP contribution in [0.15, 0.2) is 59.8 Å². The van der Waals surface area contributed by atoms with Crippen LogP contribution in [-0.4, -0.2) is 17.7 Å². The van der Waals surface area contributed by atoms with Crippen LogP contribution < -0.4 is 5.01 Å². The van der Waals surface area contributed by atoms with Gasteiger partial charge in [-0.2, -0.15) is 5.10 Å². The molecule has 0 aliphatic rings. The summed E-state index contributed by atoms with van der Waals surface area (Å²) in [5.74, 6) is 0. The zero-order valence-corrected chi connectivity index (χ0v) is 10.0. The van der Waals surface area contributed by atoms with Crippen molar-refractivity contribution in [1.82, 2.24) is 4.98 Å². The number of hydrogen-bond donors (Lipinski definition) is 0. The summed E-state index contributed by atoms with van der Waals surface area (Å²) in [7, 11) is 1.93. The average Bonchev–Trinajstić information content (AvgIpc) is 2.40. The molecule has 1 heterocycles. The number of anilines is 1. The molecule has 0 spiro atoms. The summed E-state index contributed by atoms with van der Waals surface area (Å²) in [5.41, 5.74) is 2.86. The molecule has 0 amide bonds. The maximum atomic E-state index is 4.50.